The fraction of sp³-hybridized carbons (Fsp3) is 0.500. The van der Waals surface area contributed by atoms with Crippen LogP contribution in [-0.2, 0) is 9.47 Å². The van der Waals surface area contributed by atoms with E-state index in [1.54, 1.807) is 13.2 Å². The Morgan fingerprint density at radius 2 is 2.17 bits per heavy atom. The number of carbonyl (C=O) groups is 1. The third kappa shape index (κ3) is 4.21. The molecule has 0 aliphatic carbocycles. The van der Waals surface area contributed by atoms with Gasteiger partial charge in [-0.1, -0.05) is 0 Å². The Bertz CT molecular complexity index is 396. The van der Waals surface area contributed by atoms with Gasteiger partial charge in [0.1, 0.15) is 5.82 Å². The van der Waals surface area contributed by atoms with Crippen LogP contribution in [-0.4, -0.2) is 38.3 Å². The van der Waals surface area contributed by atoms with Crippen LogP contribution < -0.4 is 11.1 Å². The van der Waals surface area contributed by atoms with Crippen LogP contribution in [0.15, 0.2) is 12.1 Å². The van der Waals surface area contributed by atoms with Crippen molar-refractivity contribution in [2.24, 2.45) is 0 Å². The molecular weight excluding hydrogens is 234 g/mol. The first-order chi connectivity index (χ1) is 8.69. The second-order valence-electron chi connectivity index (χ2n) is 3.75. The molecule has 0 atom stereocenters. The second-order valence-corrected chi connectivity index (χ2v) is 3.75. The lowest BCUT2D eigenvalue weighted by Crippen LogP contribution is -2.11. The van der Waals surface area contributed by atoms with E-state index in [2.05, 4.69) is 15.0 Å². The summed E-state index contributed by atoms with van der Waals surface area (Å²) in [5.74, 6) is 0.0350. The van der Waals surface area contributed by atoms with Crippen molar-refractivity contribution in [3.8, 4) is 0 Å². The van der Waals surface area contributed by atoms with Gasteiger partial charge in [0.05, 0.1) is 12.8 Å². The van der Waals surface area contributed by atoms with Gasteiger partial charge in [-0.05, 0) is 25.0 Å². The number of hydrogen-bond acceptors (Lipinski definition) is 6. The molecule has 0 unspecified atom stereocenters. The van der Waals surface area contributed by atoms with Crippen LogP contribution >= 0.6 is 0 Å². The van der Waals surface area contributed by atoms with E-state index in [1.807, 2.05) is 0 Å². The van der Waals surface area contributed by atoms with Crippen molar-refractivity contribution in [2.45, 2.75) is 12.8 Å². The van der Waals surface area contributed by atoms with E-state index in [0.717, 1.165) is 26.0 Å². The SMILES string of the molecule is COCCCCNc1nc(C(=O)OC)ccc1N. The van der Waals surface area contributed by atoms with Gasteiger partial charge in [0, 0.05) is 20.3 Å². The number of nitrogens with two attached hydrogens (primary N) is 1. The first-order valence-electron chi connectivity index (χ1n) is 5.76. The van der Waals surface area contributed by atoms with Crippen molar-refractivity contribution >= 4 is 17.5 Å². The highest BCUT2D eigenvalue weighted by atomic mass is 16.5. The highest BCUT2D eigenvalue weighted by Crippen LogP contribution is 2.16. The molecule has 3 N–H and O–H groups in total. The molecule has 1 rings (SSSR count). The minimum atomic E-state index is -0.475. The van der Waals surface area contributed by atoms with Gasteiger partial charge < -0.3 is 20.5 Å². The number of unbranched alkanes of at least 4 members (excludes halogenated alkanes) is 1. The Balaban J connectivity index is 2.56. The average Bonchev–Trinajstić information content (AvgIpc) is 2.39. The van der Waals surface area contributed by atoms with Gasteiger partial charge in [0.2, 0.25) is 0 Å². The zero-order valence-electron chi connectivity index (χ0n) is 10.7. The maximum Gasteiger partial charge on any atom is 0.356 e. The van der Waals surface area contributed by atoms with Gasteiger partial charge in [0.15, 0.2) is 5.69 Å². The highest BCUT2D eigenvalue weighted by molar-refractivity contribution is 5.88. The smallest absolute Gasteiger partial charge is 0.356 e. The Labute approximate surface area is 106 Å². The van der Waals surface area contributed by atoms with Crippen LogP contribution in [0.4, 0.5) is 11.5 Å². The van der Waals surface area contributed by atoms with E-state index >= 15 is 0 Å². The van der Waals surface area contributed by atoms with Crippen molar-refractivity contribution in [1.82, 2.24) is 4.98 Å². The Hall–Kier alpha value is -1.82. The van der Waals surface area contributed by atoms with Crippen LogP contribution in [0, 0.1) is 0 Å². The summed E-state index contributed by atoms with van der Waals surface area (Å²) in [6.07, 6.45) is 1.90. The summed E-state index contributed by atoms with van der Waals surface area (Å²) < 4.78 is 9.56. The molecule has 1 aromatic rings. The quantitative estimate of drug-likeness (QED) is 0.562. The van der Waals surface area contributed by atoms with Crippen LogP contribution in [0.2, 0.25) is 0 Å². The molecule has 0 saturated carbocycles. The molecule has 18 heavy (non-hydrogen) atoms. The molecule has 0 aromatic carbocycles. The maximum atomic E-state index is 11.3. The Morgan fingerprint density at radius 1 is 1.39 bits per heavy atom. The summed E-state index contributed by atoms with van der Waals surface area (Å²) in [7, 11) is 2.99. The normalized spacial score (nSPS) is 10.1. The van der Waals surface area contributed by atoms with Crippen molar-refractivity contribution in [2.75, 3.05) is 38.4 Å². The molecule has 0 aliphatic heterocycles. The number of esters is 1. The summed E-state index contributed by atoms with van der Waals surface area (Å²) in [6, 6.07) is 3.17. The molecule has 0 amide bonds. The van der Waals surface area contributed by atoms with Gasteiger partial charge in [-0.3, -0.25) is 0 Å². The van der Waals surface area contributed by atoms with Gasteiger partial charge in [-0.25, -0.2) is 9.78 Å². The first kappa shape index (κ1) is 14.2. The van der Waals surface area contributed by atoms with Gasteiger partial charge >= 0.3 is 5.97 Å². The van der Waals surface area contributed by atoms with Crippen LogP contribution in [0.25, 0.3) is 0 Å². The van der Waals surface area contributed by atoms with E-state index in [4.69, 9.17) is 10.5 Å². The summed E-state index contributed by atoms with van der Waals surface area (Å²) in [6.45, 7) is 1.46. The molecule has 0 aliphatic rings. The fourth-order valence-electron chi connectivity index (χ4n) is 1.41. The van der Waals surface area contributed by atoms with Gasteiger partial charge in [-0.2, -0.15) is 0 Å². The number of ether oxygens (including phenoxy) is 2. The Morgan fingerprint density at radius 3 is 2.83 bits per heavy atom. The topological polar surface area (TPSA) is 86.5 Å². The van der Waals surface area contributed by atoms with Crippen LogP contribution in [0.5, 0.6) is 0 Å². The monoisotopic (exact) mass is 253 g/mol. The molecule has 6 nitrogen and oxygen atoms in total. The number of aromatic nitrogens is 1. The van der Waals surface area contributed by atoms with Crippen molar-refractivity contribution in [3.05, 3.63) is 17.8 Å². The largest absolute Gasteiger partial charge is 0.464 e. The zero-order chi connectivity index (χ0) is 13.4. The second kappa shape index (κ2) is 7.50. The van der Waals surface area contributed by atoms with Gasteiger partial charge in [0.25, 0.3) is 0 Å². The van der Waals surface area contributed by atoms with E-state index in [9.17, 15) is 4.79 Å². The molecule has 0 spiro atoms. The van der Waals surface area contributed by atoms with Crippen molar-refractivity contribution in [3.63, 3.8) is 0 Å². The van der Waals surface area contributed by atoms with Crippen molar-refractivity contribution in [1.29, 1.82) is 0 Å². The first-order valence-corrected chi connectivity index (χ1v) is 5.76. The van der Waals surface area contributed by atoms with Crippen LogP contribution in [0.3, 0.4) is 0 Å². The number of carbonyl (C=O) groups excluding carboxylic acids is 1. The summed E-state index contributed by atoms with van der Waals surface area (Å²) in [4.78, 5) is 15.4. The third-order valence-corrected chi connectivity index (χ3v) is 2.39. The molecule has 0 saturated heterocycles. The third-order valence-electron chi connectivity index (χ3n) is 2.39. The minimum absolute atomic E-state index is 0.242. The molecule has 1 aromatic heterocycles. The number of methoxy groups -OCH3 is 2. The minimum Gasteiger partial charge on any atom is -0.464 e. The highest BCUT2D eigenvalue weighted by Gasteiger charge is 2.09. The number of rotatable bonds is 7. The lowest BCUT2D eigenvalue weighted by molar-refractivity contribution is 0.0594. The Kier molecular flexibility index (Phi) is 5.93. The average molecular weight is 253 g/mol. The number of nitrogens with one attached hydrogen (secondary N) is 1. The maximum absolute atomic E-state index is 11.3. The zero-order valence-corrected chi connectivity index (χ0v) is 10.7. The number of nitrogen functional groups attached to an aromatic ring is 1. The summed E-state index contributed by atoms with van der Waals surface area (Å²) >= 11 is 0. The molecule has 6 heteroatoms. The van der Waals surface area contributed by atoms with E-state index < -0.39 is 5.97 Å². The molecule has 0 bridgehead atoms. The predicted molar refractivity (Wildman–Crippen MR) is 69.6 cm³/mol. The van der Waals surface area contributed by atoms with Crippen molar-refractivity contribution < 1.29 is 14.3 Å². The number of pyridine rings is 1. The predicted octanol–water partition coefficient (Wildman–Crippen LogP) is 1.29. The molecule has 0 radical (unpaired) electrons. The van der Waals surface area contributed by atoms with Crippen LogP contribution in [0.1, 0.15) is 23.3 Å². The number of hydrogen-bond donors (Lipinski definition) is 2. The summed E-state index contributed by atoms with van der Waals surface area (Å²) in [5, 5.41) is 3.09. The standard InChI is InChI=1S/C12H19N3O3/c1-17-8-4-3-7-14-11-9(13)5-6-10(15-11)12(16)18-2/h5-6H,3-4,7-8,13H2,1-2H3,(H,14,15). The van der Waals surface area contributed by atoms with E-state index in [0.29, 0.717) is 11.5 Å². The fourth-order valence-corrected chi connectivity index (χ4v) is 1.41. The summed E-state index contributed by atoms with van der Waals surface area (Å²) in [5.41, 5.74) is 6.52. The lowest BCUT2D eigenvalue weighted by Gasteiger charge is -2.09. The van der Waals surface area contributed by atoms with Gasteiger partial charge in [-0.15, -0.1) is 0 Å². The van der Waals surface area contributed by atoms with E-state index in [1.165, 1.54) is 13.2 Å². The molecule has 1 heterocycles. The molecular formula is C12H19N3O3. The number of anilines is 2. The molecule has 0 fully saturated rings. The number of nitrogens with zero attached hydrogens (tertiary/aromatic N) is 1. The lowest BCUT2D eigenvalue weighted by atomic mass is 10.3. The van der Waals surface area contributed by atoms with E-state index in [-0.39, 0.29) is 5.69 Å². The molecule has 100 valence electrons.